The molecule has 0 saturated carbocycles. The molecular formula is C9H18FN3. The number of nitrogens with one attached hydrogen (secondary N) is 1. The third-order valence-corrected chi connectivity index (χ3v) is 3.01. The first-order valence-electron chi connectivity index (χ1n) is 5.13. The molecule has 0 unspecified atom stereocenters. The zero-order valence-electron chi connectivity index (χ0n) is 8.01. The number of rotatable bonds is 3. The second-order valence-electron chi connectivity index (χ2n) is 3.89. The Bertz CT molecular complexity index is 153. The van der Waals surface area contributed by atoms with E-state index < -0.39 is 0 Å². The molecule has 76 valence electrons. The molecular weight excluding hydrogens is 169 g/mol. The third kappa shape index (κ3) is 2.18. The molecule has 2 aliphatic heterocycles. The van der Waals surface area contributed by atoms with Gasteiger partial charge in [0.05, 0.1) is 0 Å². The first kappa shape index (κ1) is 9.37. The highest BCUT2D eigenvalue weighted by Gasteiger charge is 2.31. The SMILES string of the molecule is FCCN1CC(N2CCNCC2)C1. The molecule has 0 aromatic carbocycles. The maximum absolute atomic E-state index is 12.0. The van der Waals surface area contributed by atoms with E-state index >= 15 is 0 Å². The molecule has 0 spiro atoms. The average Bonchev–Trinajstić information content (AvgIpc) is 2.12. The van der Waals surface area contributed by atoms with Crippen molar-refractivity contribution in [1.82, 2.24) is 15.1 Å². The zero-order chi connectivity index (χ0) is 9.10. The van der Waals surface area contributed by atoms with Crippen molar-refractivity contribution in [3.8, 4) is 0 Å². The molecule has 13 heavy (non-hydrogen) atoms. The van der Waals surface area contributed by atoms with Gasteiger partial charge in [0.1, 0.15) is 6.67 Å². The number of piperazine rings is 1. The van der Waals surface area contributed by atoms with Gasteiger partial charge in [-0.15, -0.1) is 0 Å². The van der Waals surface area contributed by atoms with Gasteiger partial charge in [-0.05, 0) is 0 Å². The van der Waals surface area contributed by atoms with Crippen LogP contribution in [0.5, 0.6) is 0 Å². The fraction of sp³-hybridized carbons (Fsp3) is 1.00. The first-order chi connectivity index (χ1) is 6.40. The Hall–Kier alpha value is -0.190. The minimum atomic E-state index is -0.200. The van der Waals surface area contributed by atoms with Crippen LogP contribution in [0.4, 0.5) is 4.39 Å². The van der Waals surface area contributed by atoms with Crippen molar-refractivity contribution >= 4 is 0 Å². The maximum Gasteiger partial charge on any atom is 0.102 e. The van der Waals surface area contributed by atoms with E-state index in [2.05, 4.69) is 15.1 Å². The third-order valence-electron chi connectivity index (χ3n) is 3.01. The van der Waals surface area contributed by atoms with Crippen LogP contribution in [-0.4, -0.2) is 68.3 Å². The summed E-state index contributed by atoms with van der Waals surface area (Å²) in [6.45, 7) is 7.12. The van der Waals surface area contributed by atoms with E-state index in [1.54, 1.807) is 0 Å². The van der Waals surface area contributed by atoms with Gasteiger partial charge in [0.25, 0.3) is 0 Å². The molecule has 2 aliphatic rings. The van der Waals surface area contributed by atoms with Gasteiger partial charge in [0, 0.05) is 51.9 Å². The van der Waals surface area contributed by atoms with Crippen LogP contribution < -0.4 is 5.32 Å². The van der Waals surface area contributed by atoms with Crippen molar-refractivity contribution in [3.63, 3.8) is 0 Å². The van der Waals surface area contributed by atoms with Gasteiger partial charge in [-0.25, -0.2) is 4.39 Å². The van der Waals surface area contributed by atoms with E-state index in [9.17, 15) is 4.39 Å². The van der Waals surface area contributed by atoms with E-state index in [4.69, 9.17) is 0 Å². The fourth-order valence-electron chi connectivity index (χ4n) is 2.12. The lowest BCUT2D eigenvalue weighted by Crippen LogP contribution is -2.62. The first-order valence-corrected chi connectivity index (χ1v) is 5.13. The summed E-state index contributed by atoms with van der Waals surface area (Å²) >= 11 is 0. The van der Waals surface area contributed by atoms with Crippen molar-refractivity contribution in [2.75, 3.05) is 52.5 Å². The van der Waals surface area contributed by atoms with E-state index in [1.807, 2.05) is 0 Å². The molecule has 0 radical (unpaired) electrons. The topological polar surface area (TPSA) is 18.5 Å². The molecule has 2 fully saturated rings. The Kier molecular flexibility index (Phi) is 3.14. The van der Waals surface area contributed by atoms with Crippen LogP contribution in [0.3, 0.4) is 0 Å². The Balaban J connectivity index is 1.66. The molecule has 0 atom stereocenters. The fourth-order valence-corrected chi connectivity index (χ4v) is 2.12. The molecule has 0 bridgehead atoms. The normalized spacial score (nSPS) is 27.5. The molecule has 2 rings (SSSR count). The second-order valence-corrected chi connectivity index (χ2v) is 3.89. The quantitative estimate of drug-likeness (QED) is 0.645. The summed E-state index contributed by atoms with van der Waals surface area (Å²) in [4.78, 5) is 4.71. The van der Waals surface area contributed by atoms with Gasteiger partial charge in [0.2, 0.25) is 0 Å². The highest BCUT2D eigenvalue weighted by molar-refractivity contribution is 4.89. The van der Waals surface area contributed by atoms with Crippen LogP contribution in [0.15, 0.2) is 0 Å². The Morgan fingerprint density at radius 3 is 2.54 bits per heavy atom. The number of hydrogen-bond donors (Lipinski definition) is 1. The predicted molar refractivity (Wildman–Crippen MR) is 50.6 cm³/mol. The van der Waals surface area contributed by atoms with Crippen LogP contribution in [0.1, 0.15) is 0 Å². The number of nitrogens with zero attached hydrogens (tertiary/aromatic N) is 2. The number of alkyl halides is 1. The zero-order valence-corrected chi connectivity index (χ0v) is 8.01. The smallest absolute Gasteiger partial charge is 0.102 e. The Labute approximate surface area is 78.9 Å². The van der Waals surface area contributed by atoms with Crippen LogP contribution in [0.2, 0.25) is 0 Å². The number of likely N-dealkylation sites (tertiary alicyclic amines) is 1. The van der Waals surface area contributed by atoms with E-state index in [0.29, 0.717) is 12.6 Å². The largest absolute Gasteiger partial charge is 0.314 e. The minimum Gasteiger partial charge on any atom is -0.314 e. The van der Waals surface area contributed by atoms with Crippen LogP contribution in [0.25, 0.3) is 0 Å². The molecule has 0 aromatic rings. The summed E-state index contributed by atoms with van der Waals surface area (Å²) < 4.78 is 12.0. The molecule has 4 heteroatoms. The van der Waals surface area contributed by atoms with Gasteiger partial charge < -0.3 is 5.32 Å². The van der Waals surface area contributed by atoms with Crippen LogP contribution in [-0.2, 0) is 0 Å². The van der Waals surface area contributed by atoms with Gasteiger partial charge in [-0.3, -0.25) is 9.80 Å². The van der Waals surface area contributed by atoms with Gasteiger partial charge in [0.15, 0.2) is 0 Å². The van der Waals surface area contributed by atoms with Crippen molar-refractivity contribution in [2.24, 2.45) is 0 Å². The van der Waals surface area contributed by atoms with Crippen molar-refractivity contribution in [2.45, 2.75) is 6.04 Å². The molecule has 2 saturated heterocycles. The summed E-state index contributed by atoms with van der Waals surface area (Å²) in [5.74, 6) is 0. The molecule has 0 aliphatic carbocycles. The van der Waals surface area contributed by atoms with Crippen molar-refractivity contribution < 1.29 is 4.39 Å². The van der Waals surface area contributed by atoms with Gasteiger partial charge in [-0.1, -0.05) is 0 Å². The standard InChI is InChI=1S/C9H18FN3/c10-1-4-12-7-9(8-12)13-5-2-11-3-6-13/h9,11H,1-8H2. The molecule has 0 aromatic heterocycles. The average molecular weight is 187 g/mol. The number of hydrogen-bond acceptors (Lipinski definition) is 3. The summed E-state index contributed by atoms with van der Waals surface area (Å²) in [6, 6.07) is 0.702. The predicted octanol–water partition coefficient (Wildman–Crippen LogP) is -0.455. The van der Waals surface area contributed by atoms with E-state index in [0.717, 1.165) is 39.3 Å². The summed E-state index contributed by atoms with van der Waals surface area (Å²) in [5.41, 5.74) is 0. The second kappa shape index (κ2) is 4.35. The van der Waals surface area contributed by atoms with Crippen molar-refractivity contribution in [1.29, 1.82) is 0 Å². The summed E-state index contributed by atoms with van der Waals surface area (Å²) in [5, 5.41) is 3.34. The van der Waals surface area contributed by atoms with Crippen LogP contribution in [0, 0.1) is 0 Å². The maximum atomic E-state index is 12.0. The summed E-state index contributed by atoms with van der Waals surface area (Å²) in [7, 11) is 0. The highest BCUT2D eigenvalue weighted by atomic mass is 19.1. The highest BCUT2D eigenvalue weighted by Crippen LogP contribution is 2.14. The minimum absolute atomic E-state index is 0.200. The Morgan fingerprint density at radius 2 is 1.92 bits per heavy atom. The van der Waals surface area contributed by atoms with Gasteiger partial charge >= 0.3 is 0 Å². The Morgan fingerprint density at radius 1 is 1.23 bits per heavy atom. The van der Waals surface area contributed by atoms with Gasteiger partial charge in [-0.2, -0.15) is 0 Å². The van der Waals surface area contributed by atoms with E-state index in [-0.39, 0.29) is 6.67 Å². The monoisotopic (exact) mass is 187 g/mol. The lowest BCUT2D eigenvalue weighted by molar-refractivity contribution is 0.0242. The van der Waals surface area contributed by atoms with E-state index in [1.165, 1.54) is 0 Å². The molecule has 3 nitrogen and oxygen atoms in total. The molecule has 2 heterocycles. The van der Waals surface area contributed by atoms with Crippen LogP contribution >= 0.6 is 0 Å². The number of halogens is 1. The summed E-state index contributed by atoms with van der Waals surface area (Å²) in [6.07, 6.45) is 0. The lowest BCUT2D eigenvalue weighted by atomic mass is 10.1. The lowest BCUT2D eigenvalue weighted by Gasteiger charge is -2.46. The molecule has 1 N–H and O–H groups in total. The van der Waals surface area contributed by atoms with Crippen molar-refractivity contribution in [3.05, 3.63) is 0 Å². The molecule has 0 amide bonds.